The van der Waals surface area contributed by atoms with Crippen molar-refractivity contribution < 1.29 is 24.0 Å². The quantitative estimate of drug-likeness (QED) is 0.319. The van der Waals surface area contributed by atoms with Crippen LogP contribution in [0.15, 0.2) is 18.2 Å². The second kappa shape index (κ2) is 9.36. The largest absolute Gasteiger partial charge is 0.495 e. The molecule has 9 nitrogen and oxygen atoms in total. The molecule has 0 saturated heterocycles. The summed E-state index contributed by atoms with van der Waals surface area (Å²) in [4.78, 5) is 33.6. The van der Waals surface area contributed by atoms with Crippen molar-refractivity contribution in [3.05, 3.63) is 28.3 Å². The summed E-state index contributed by atoms with van der Waals surface area (Å²) in [5.41, 5.74) is -0.172. The highest BCUT2D eigenvalue weighted by atomic mass is 16.6. The molecular formula is C14H19N3O6. The molecule has 0 aliphatic heterocycles. The molecular weight excluding hydrogens is 306 g/mol. The van der Waals surface area contributed by atoms with Crippen LogP contribution in [0.3, 0.4) is 0 Å². The van der Waals surface area contributed by atoms with E-state index in [2.05, 4.69) is 10.6 Å². The molecule has 126 valence electrons. The summed E-state index contributed by atoms with van der Waals surface area (Å²) in [5.74, 6) is -1.55. The van der Waals surface area contributed by atoms with Gasteiger partial charge in [0.2, 0.25) is 0 Å². The summed E-state index contributed by atoms with van der Waals surface area (Å²) in [7, 11) is 1.35. The number of rotatable bonds is 8. The van der Waals surface area contributed by atoms with Crippen molar-refractivity contribution in [3.63, 3.8) is 0 Å². The molecule has 9 heteroatoms. The van der Waals surface area contributed by atoms with E-state index in [1.807, 2.05) is 6.92 Å². The summed E-state index contributed by atoms with van der Waals surface area (Å²) in [6.45, 7) is 3.22. The van der Waals surface area contributed by atoms with E-state index < -0.39 is 16.7 Å². The summed E-state index contributed by atoms with van der Waals surface area (Å²) >= 11 is 0. The van der Waals surface area contributed by atoms with Crippen molar-refractivity contribution in [3.8, 4) is 5.75 Å². The zero-order valence-electron chi connectivity index (χ0n) is 13.0. The number of nitrogens with one attached hydrogen (secondary N) is 2. The highest BCUT2D eigenvalue weighted by molar-refractivity contribution is 6.39. The van der Waals surface area contributed by atoms with E-state index in [0.29, 0.717) is 26.2 Å². The standard InChI is InChI=1S/C14H19N3O6/c1-3-23-8-4-7-15-13(18)14(19)16-11-9-10(17(20)21)5-6-12(11)22-2/h5-6,9H,3-4,7-8H2,1-2H3,(H,15,18)(H,16,19). The van der Waals surface area contributed by atoms with Crippen LogP contribution in [-0.2, 0) is 14.3 Å². The fourth-order valence-electron chi connectivity index (χ4n) is 1.69. The highest BCUT2D eigenvalue weighted by Gasteiger charge is 2.18. The predicted octanol–water partition coefficient (Wildman–Crippen LogP) is 1.08. The lowest BCUT2D eigenvalue weighted by Gasteiger charge is -2.10. The molecule has 0 aliphatic rings. The number of anilines is 1. The van der Waals surface area contributed by atoms with Gasteiger partial charge in [0, 0.05) is 31.9 Å². The van der Waals surface area contributed by atoms with Crippen LogP contribution < -0.4 is 15.4 Å². The number of methoxy groups -OCH3 is 1. The van der Waals surface area contributed by atoms with E-state index in [9.17, 15) is 19.7 Å². The lowest BCUT2D eigenvalue weighted by atomic mass is 10.2. The van der Waals surface area contributed by atoms with Crippen LogP contribution in [0, 0.1) is 10.1 Å². The number of nitro benzene ring substituents is 1. The van der Waals surface area contributed by atoms with Gasteiger partial charge in [-0.25, -0.2) is 0 Å². The Morgan fingerprint density at radius 3 is 2.65 bits per heavy atom. The summed E-state index contributed by atoms with van der Waals surface area (Å²) in [6.07, 6.45) is 0.576. The topological polar surface area (TPSA) is 120 Å². The van der Waals surface area contributed by atoms with E-state index in [1.54, 1.807) is 0 Å². The monoisotopic (exact) mass is 325 g/mol. The summed E-state index contributed by atoms with van der Waals surface area (Å²) in [6, 6.07) is 3.70. The van der Waals surface area contributed by atoms with Crippen LogP contribution in [0.4, 0.5) is 11.4 Å². The molecule has 1 aromatic carbocycles. The van der Waals surface area contributed by atoms with Gasteiger partial charge in [-0.3, -0.25) is 19.7 Å². The number of benzene rings is 1. The van der Waals surface area contributed by atoms with Crippen molar-refractivity contribution in [1.82, 2.24) is 5.32 Å². The average Bonchev–Trinajstić information content (AvgIpc) is 2.54. The third-order valence-corrected chi connectivity index (χ3v) is 2.80. The van der Waals surface area contributed by atoms with Crippen molar-refractivity contribution in [1.29, 1.82) is 0 Å². The Labute approximate surface area is 133 Å². The number of carbonyl (C=O) groups is 2. The fourth-order valence-corrected chi connectivity index (χ4v) is 1.69. The van der Waals surface area contributed by atoms with Gasteiger partial charge in [-0.15, -0.1) is 0 Å². The molecule has 0 radical (unpaired) electrons. The first-order valence-electron chi connectivity index (χ1n) is 6.99. The minimum atomic E-state index is -0.930. The van der Waals surface area contributed by atoms with Gasteiger partial charge in [0.25, 0.3) is 5.69 Å². The Morgan fingerprint density at radius 2 is 2.04 bits per heavy atom. The zero-order chi connectivity index (χ0) is 17.2. The van der Waals surface area contributed by atoms with Crippen LogP contribution in [0.5, 0.6) is 5.75 Å². The first-order chi connectivity index (χ1) is 11.0. The van der Waals surface area contributed by atoms with Gasteiger partial charge in [0.05, 0.1) is 17.7 Å². The number of carbonyl (C=O) groups excluding carboxylic acids is 2. The Balaban J connectivity index is 2.63. The summed E-state index contributed by atoms with van der Waals surface area (Å²) < 4.78 is 10.1. The molecule has 0 spiro atoms. The van der Waals surface area contributed by atoms with Gasteiger partial charge in [0.1, 0.15) is 5.75 Å². The molecule has 2 N–H and O–H groups in total. The molecule has 1 rings (SSSR count). The van der Waals surface area contributed by atoms with Gasteiger partial charge in [-0.05, 0) is 19.4 Å². The van der Waals surface area contributed by atoms with Crippen molar-refractivity contribution >= 4 is 23.2 Å². The zero-order valence-corrected chi connectivity index (χ0v) is 13.0. The minimum absolute atomic E-state index is 0.0520. The Hall–Kier alpha value is -2.68. The van der Waals surface area contributed by atoms with Crippen LogP contribution >= 0.6 is 0 Å². The van der Waals surface area contributed by atoms with Crippen LogP contribution in [0.1, 0.15) is 13.3 Å². The maximum atomic E-state index is 11.8. The molecule has 0 atom stereocenters. The highest BCUT2D eigenvalue weighted by Crippen LogP contribution is 2.28. The predicted molar refractivity (Wildman–Crippen MR) is 82.4 cm³/mol. The molecule has 0 unspecified atom stereocenters. The molecule has 0 saturated carbocycles. The number of non-ortho nitro benzene ring substituents is 1. The molecule has 0 heterocycles. The van der Waals surface area contributed by atoms with Gasteiger partial charge >= 0.3 is 11.8 Å². The first kappa shape index (κ1) is 18.4. The SMILES string of the molecule is CCOCCCNC(=O)C(=O)Nc1cc([N+](=O)[O-])ccc1OC. The van der Waals surface area contributed by atoms with Gasteiger partial charge in [-0.1, -0.05) is 0 Å². The first-order valence-corrected chi connectivity index (χ1v) is 6.99. The van der Waals surface area contributed by atoms with Crippen LogP contribution in [0.2, 0.25) is 0 Å². The van der Waals surface area contributed by atoms with E-state index in [-0.39, 0.29) is 17.1 Å². The Bertz CT molecular complexity index is 576. The maximum Gasteiger partial charge on any atom is 0.313 e. The van der Waals surface area contributed by atoms with Gasteiger partial charge in [0.15, 0.2) is 0 Å². The van der Waals surface area contributed by atoms with Crippen LogP contribution in [0.25, 0.3) is 0 Å². The number of nitro groups is 1. The minimum Gasteiger partial charge on any atom is -0.495 e. The van der Waals surface area contributed by atoms with E-state index in [4.69, 9.17) is 9.47 Å². The van der Waals surface area contributed by atoms with Gasteiger partial charge < -0.3 is 20.1 Å². The van der Waals surface area contributed by atoms with Crippen molar-refractivity contribution in [2.24, 2.45) is 0 Å². The van der Waals surface area contributed by atoms with E-state index in [0.717, 1.165) is 6.07 Å². The number of amides is 2. The second-order valence-corrected chi connectivity index (χ2v) is 4.40. The fraction of sp³-hybridized carbons (Fsp3) is 0.429. The molecule has 1 aromatic rings. The summed E-state index contributed by atoms with van der Waals surface area (Å²) in [5, 5.41) is 15.5. The third kappa shape index (κ3) is 5.91. The van der Waals surface area contributed by atoms with Crippen molar-refractivity contribution in [2.45, 2.75) is 13.3 Å². The molecule has 0 fully saturated rings. The van der Waals surface area contributed by atoms with Gasteiger partial charge in [-0.2, -0.15) is 0 Å². The molecule has 0 bridgehead atoms. The van der Waals surface area contributed by atoms with Crippen molar-refractivity contribution in [2.75, 3.05) is 32.2 Å². The molecule has 0 aromatic heterocycles. The number of hydrogen-bond acceptors (Lipinski definition) is 6. The average molecular weight is 325 g/mol. The van der Waals surface area contributed by atoms with E-state index in [1.165, 1.54) is 19.2 Å². The Morgan fingerprint density at radius 1 is 1.30 bits per heavy atom. The number of nitrogens with zero attached hydrogens (tertiary/aromatic N) is 1. The number of hydrogen-bond donors (Lipinski definition) is 2. The van der Waals surface area contributed by atoms with Crippen LogP contribution in [-0.4, -0.2) is 43.6 Å². The maximum absolute atomic E-state index is 11.8. The lowest BCUT2D eigenvalue weighted by Crippen LogP contribution is -2.36. The smallest absolute Gasteiger partial charge is 0.313 e. The third-order valence-electron chi connectivity index (χ3n) is 2.80. The molecule has 2 amide bonds. The normalized spacial score (nSPS) is 10.0. The number of ether oxygens (including phenoxy) is 2. The molecule has 0 aliphatic carbocycles. The second-order valence-electron chi connectivity index (χ2n) is 4.40. The lowest BCUT2D eigenvalue weighted by molar-refractivity contribution is -0.384. The molecule has 23 heavy (non-hydrogen) atoms. The Kier molecular flexibility index (Phi) is 7.48. The van der Waals surface area contributed by atoms with E-state index >= 15 is 0 Å².